The highest BCUT2D eigenvalue weighted by Gasteiger charge is 2.18. The van der Waals surface area contributed by atoms with Gasteiger partial charge in [-0.1, -0.05) is 0 Å². The van der Waals surface area contributed by atoms with Crippen LogP contribution in [0.1, 0.15) is 13.3 Å². The third kappa shape index (κ3) is 4.24. The molecule has 19 heavy (non-hydrogen) atoms. The highest BCUT2D eigenvalue weighted by atomic mass is 16.2. The van der Waals surface area contributed by atoms with Gasteiger partial charge in [0.1, 0.15) is 0 Å². The first-order valence-electron chi connectivity index (χ1n) is 6.86. The highest BCUT2D eigenvalue weighted by Crippen LogP contribution is 2.02. The Labute approximate surface area is 114 Å². The smallest absolute Gasteiger partial charge is 0.317 e. The van der Waals surface area contributed by atoms with Crippen molar-refractivity contribution in [2.45, 2.75) is 25.9 Å². The molecule has 0 aromatic carbocycles. The Morgan fingerprint density at radius 3 is 2.95 bits per heavy atom. The second-order valence-electron chi connectivity index (χ2n) is 5.22. The Kier molecular flexibility index (Phi) is 4.79. The molecule has 1 saturated heterocycles. The topological polar surface area (TPSA) is 53.4 Å². The van der Waals surface area contributed by atoms with Crippen molar-refractivity contribution < 1.29 is 4.79 Å². The van der Waals surface area contributed by atoms with Gasteiger partial charge in [-0.2, -0.15) is 5.10 Å². The molecule has 2 amide bonds. The van der Waals surface area contributed by atoms with Gasteiger partial charge in [-0.15, -0.1) is 0 Å². The third-order valence-corrected chi connectivity index (χ3v) is 3.40. The lowest BCUT2D eigenvalue weighted by atomic mass is 10.3. The van der Waals surface area contributed by atoms with Crippen molar-refractivity contribution in [3.05, 3.63) is 18.5 Å². The molecule has 1 atom stereocenters. The molecule has 6 heteroatoms. The van der Waals surface area contributed by atoms with Crippen LogP contribution in [0.2, 0.25) is 0 Å². The number of nitrogens with zero attached hydrogens (tertiary/aromatic N) is 4. The molecule has 2 heterocycles. The van der Waals surface area contributed by atoms with Crippen LogP contribution in [-0.4, -0.2) is 64.9 Å². The predicted molar refractivity (Wildman–Crippen MR) is 73.9 cm³/mol. The van der Waals surface area contributed by atoms with Crippen molar-refractivity contribution in [3.8, 4) is 0 Å². The summed E-state index contributed by atoms with van der Waals surface area (Å²) in [6.45, 7) is 6.35. The molecule has 1 aromatic heterocycles. The number of urea groups is 1. The molecule has 1 N–H and O–H groups in total. The number of aromatic nitrogens is 2. The molecule has 1 aliphatic heterocycles. The van der Waals surface area contributed by atoms with Gasteiger partial charge in [0.2, 0.25) is 0 Å². The molecule has 1 aromatic rings. The largest absolute Gasteiger partial charge is 0.334 e. The van der Waals surface area contributed by atoms with Gasteiger partial charge in [0.15, 0.2) is 0 Å². The van der Waals surface area contributed by atoms with Crippen molar-refractivity contribution in [1.82, 2.24) is 24.9 Å². The van der Waals surface area contributed by atoms with Crippen LogP contribution in [-0.2, 0) is 6.54 Å². The summed E-state index contributed by atoms with van der Waals surface area (Å²) in [6, 6.07) is 2.00. The summed E-state index contributed by atoms with van der Waals surface area (Å²) in [7, 11) is 2.10. The zero-order valence-electron chi connectivity index (χ0n) is 11.7. The predicted octanol–water partition coefficient (Wildman–Crippen LogP) is 0.619. The molecule has 6 nitrogen and oxygen atoms in total. The number of rotatable bonds is 3. The van der Waals surface area contributed by atoms with E-state index in [1.807, 2.05) is 28.8 Å². The van der Waals surface area contributed by atoms with Crippen LogP contribution in [0.3, 0.4) is 0 Å². The fraction of sp³-hybridized carbons (Fsp3) is 0.692. The molecule has 1 aliphatic rings. The molecule has 106 valence electrons. The first kappa shape index (κ1) is 13.9. The van der Waals surface area contributed by atoms with Gasteiger partial charge in [-0.3, -0.25) is 4.68 Å². The van der Waals surface area contributed by atoms with Crippen LogP contribution < -0.4 is 5.32 Å². The fourth-order valence-electron chi connectivity index (χ4n) is 2.29. The van der Waals surface area contributed by atoms with Gasteiger partial charge in [-0.25, -0.2) is 4.79 Å². The molecular formula is C13H23N5O. The zero-order valence-corrected chi connectivity index (χ0v) is 11.7. The molecule has 1 fully saturated rings. The van der Waals surface area contributed by atoms with E-state index in [4.69, 9.17) is 0 Å². The van der Waals surface area contributed by atoms with Gasteiger partial charge in [0, 0.05) is 38.1 Å². The van der Waals surface area contributed by atoms with E-state index in [-0.39, 0.29) is 12.1 Å². The maximum atomic E-state index is 12.2. The maximum Gasteiger partial charge on any atom is 0.317 e. The number of hydrogen-bond donors (Lipinski definition) is 1. The van der Waals surface area contributed by atoms with E-state index >= 15 is 0 Å². The van der Waals surface area contributed by atoms with E-state index in [9.17, 15) is 4.79 Å². The summed E-state index contributed by atoms with van der Waals surface area (Å²) < 4.78 is 1.83. The Hall–Kier alpha value is -1.56. The minimum atomic E-state index is 0.0370. The van der Waals surface area contributed by atoms with E-state index in [1.165, 1.54) is 0 Å². The Bertz CT molecular complexity index is 392. The molecule has 0 spiro atoms. The normalized spacial score (nSPS) is 18.9. The van der Waals surface area contributed by atoms with E-state index in [0.29, 0.717) is 6.54 Å². The lowest BCUT2D eigenvalue weighted by Crippen LogP contribution is -2.46. The monoisotopic (exact) mass is 265 g/mol. The number of carbonyl (C=O) groups excluding carboxylic acids is 1. The van der Waals surface area contributed by atoms with Crippen LogP contribution in [0.4, 0.5) is 4.79 Å². The molecule has 0 bridgehead atoms. The SMILES string of the molecule is CC(Cn1cccn1)NC(=O)N1CCCN(C)CC1. The van der Waals surface area contributed by atoms with E-state index in [1.54, 1.807) is 6.20 Å². The Morgan fingerprint density at radius 2 is 2.21 bits per heavy atom. The first-order valence-corrected chi connectivity index (χ1v) is 6.86. The lowest BCUT2D eigenvalue weighted by molar-refractivity contribution is 0.194. The van der Waals surface area contributed by atoms with Crippen LogP contribution in [0.15, 0.2) is 18.5 Å². The van der Waals surface area contributed by atoms with Gasteiger partial charge >= 0.3 is 6.03 Å². The second kappa shape index (κ2) is 6.56. The van der Waals surface area contributed by atoms with Crippen molar-refractivity contribution in [3.63, 3.8) is 0 Å². The number of amides is 2. The summed E-state index contributed by atoms with van der Waals surface area (Å²) in [5, 5.41) is 7.18. The quantitative estimate of drug-likeness (QED) is 0.871. The van der Waals surface area contributed by atoms with Gasteiger partial charge in [0.25, 0.3) is 0 Å². The number of nitrogens with one attached hydrogen (secondary N) is 1. The van der Waals surface area contributed by atoms with Crippen molar-refractivity contribution in [2.75, 3.05) is 33.2 Å². The molecule has 0 aliphatic carbocycles. The van der Waals surface area contributed by atoms with E-state index < -0.39 is 0 Å². The average Bonchev–Trinajstić information content (AvgIpc) is 2.76. The summed E-state index contributed by atoms with van der Waals surface area (Å²) >= 11 is 0. The number of carbonyl (C=O) groups is 1. The van der Waals surface area contributed by atoms with Crippen LogP contribution in [0.5, 0.6) is 0 Å². The number of hydrogen-bond acceptors (Lipinski definition) is 3. The zero-order chi connectivity index (χ0) is 13.7. The molecule has 0 saturated carbocycles. The van der Waals surface area contributed by atoms with Crippen LogP contribution >= 0.6 is 0 Å². The molecule has 1 unspecified atom stereocenters. The van der Waals surface area contributed by atoms with E-state index in [0.717, 1.165) is 32.6 Å². The Morgan fingerprint density at radius 1 is 1.37 bits per heavy atom. The summed E-state index contributed by atoms with van der Waals surface area (Å²) in [5.74, 6) is 0. The minimum Gasteiger partial charge on any atom is -0.334 e. The maximum absolute atomic E-state index is 12.2. The van der Waals surface area contributed by atoms with Crippen LogP contribution in [0.25, 0.3) is 0 Å². The van der Waals surface area contributed by atoms with Crippen molar-refractivity contribution in [1.29, 1.82) is 0 Å². The van der Waals surface area contributed by atoms with Crippen LogP contribution in [0, 0.1) is 0 Å². The molecular weight excluding hydrogens is 242 g/mol. The molecule has 0 radical (unpaired) electrons. The summed E-state index contributed by atoms with van der Waals surface area (Å²) in [4.78, 5) is 16.3. The number of likely N-dealkylation sites (N-methyl/N-ethyl adjacent to an activating group) is 1. The van der Waals surface area contributed by atoms with Crippen molar-refractivity contribution in [2.24, 2.45) is 0 Å². The first-order chi connectivity index (χ1) is 9.15. The minimum absolute atomic E-state index is 0.0370. The Balaban J connectivity index is 1.79. The molecule has 2 rings (SSSR count). The van der Waals surface area contributed by atoms with Crippen molar-refractivity contribution >= 4 is 6.03 Å². The summed E-state index contributed by atoms with van der Waals surface area (Å²) in [5.41, 5.74) is 0. The summed E-state index contributed by atoms with van der Waals surface area (Å²) in [6.07, 6.45) is 4.69. The van der Waals surface area contributed by atoms with Gasteiger partial charge in [0.05, 0.1) is 6.54 Å². The fourth-order valence-corrected chi connectivity index (χ4v) is 2.29. The lowest BCUT2D eigenvalue weighted by Gasteiger charge is -2.23. The van der Waals surface area contributed by atoms with E-state index in [2.05, 4.69) is 22.4 Å². The third-order valence-electron chi connectivity index (χ3n) is 3.40. The standard InChI is InChI=1S/C13H23N5O/c1-12(11-18-8-3-5-14-18)15-13(19)17-7-4-6-16(2)9-10-17/h3,5,8,12H,4,6-7,9-11H2,1-2H3,(H,15,19). The highest BCUT2D eigenvalue weighted by molar-refractivity contribution is 5.74. The second-order valence-corrected chi connectivity index (χ2v) is 5.22. The van der Waals surface area contributed by atoms with Gasteiger partial charge < -0.3 is 15.1 Å². The average molecular weight is 265 g/mol. The van der Waals surface area contributed by atoms with Gasteiger partial charge in [-0.05, 0) is 33.0 Å².